The fraction of sp³-hybridized carbons (Fsp3) is 0.176. The molecular weight excluding hydrogens is 918 g/mol. The molecule has 74 heavy (non-hydrogen) atoms. The molecule has 0 fully saturated rings. The molecule has 2 bridgehead atoms. The number of hydrogen-bond acceptors (Lipinski definition) is 5. The van der Waals surface area contributed by atoms with Gasteiger partial charge in [-0.25, -0.2) is 0 Å². The van der Waals surface area contributed by atoms with E-state index in [4.69, 9.17) is 4.74 Å². The molecule has 1 aliphatic carbocycles. The van der Waals surface area contributed by atoms with Gasteiger partial charge in [-0.1, -0.05) is 170 Å². The van der Waals surface area contributed by atoms with Crippen LogP contribution >= 0.6 is 11.3 Å². The van der Waals surface area contributed by atoms with Gasteiger partial charge in [0.2, 0.25) is 0 Å². The molecule has 14 rings (SSSR count). The van der Waals surface area contributed by atoms with E-state index in [-0.39, 0.29) is 23.0 Å². The van der Waals surface area contributed by atoms with E-state index in [2.05, 4.69) is 263 Å². The summed E-state index contributed by atoms with van der Waals surface area (Å²) in [6.07, 6.45) is 2.34. The number of nitrogens with zero attached hydrogens (tertiary/aromatic N) is 3. The molecule has 0 atom stereocenters. The van der Waals surface area contributed by atoms with E-state index in [1.807, 2.05) is 11.3 Å². The Bertz CT molecular complexity index is 3910. The van der Waals surface area contributed by atoms with Gasteiger partial charge < -0.3 is 19.4 Å². The summed E-state index contributed by atoms with van der Waals surface area (Å²) in [7, 11) is 0. The van der Waals surface area contributed by atoms with Gasteiger partial charge in [-0.05, 0) is 152 Å². The van der Waals surface area contributed by atoms with Crippen LogP contribution < -0.4 is 35.1 Å². The molecule has 360 valence electrons. The second-order valence-corrected chi connectivity index (χ2v) is 24.3. The molecule has 9 aromatic carbocycles. The maximum atomic E-state index is 7.24. The van der Waals surface area contributed by atoms with Crippen molar-refractivity contribution < 1.29 is 4.74 Å². The normalized spacial score (nSPS) is 15.6. The van der Waals surface area contributed by atoms with Crippen molar-refractivity contribution in [3.8, 4) is 33.8 Å². The highest BCUT2D eigenvalue weighted by Crippen LogP contribution is 2.55. The molecule has 0 N–H and O–H groups in total. The Morgan fingerprint density at radius 2 is 1.11 bits per heavy atom. The summed E-state index contributed by atoms with van der Waals surface area (Å²) in [6, 6.07) is 74.7. The van der Waals surface area contributed by atoms with Crippen LogP contribution in [0.1, 0.15) is 78.0 Å². The average molecular weight is 976 g/mol. The highest BCUT2D eigenvalue weighted by atomic mass is 32.1. The standard InChI is InChI=1S/C68H58BN3OS/c1-66(2,3)46-31-35-54(50(41-46)44-30-33-51-52(38-44)68(6,7)37-36-67(51,4)5)72-59-40-45(43-20-10-8-11-21-43)39-58-63(59)69(65-64(72)49-24-14-19-29-62(49)74-65)53-34-32-48-42-57(53)71(58)56-26-16-18-28-61(56)73-60-27-17-15-25-55(60)70(48)47-22-12-9-13-23-47/h8-35,38-42H,36-37H2,1-7H3. The largest absolute Gasteiger partial charge is 0.453 e. The Hall–Kier alpha value is -7.80. The summed E-state index contributed by atoms with van der Waals surface area (Å²) < 4.78 is 9.88. The number of rotatable bonds is 4. The molecule has 0 unspecified atom stereocenters. The Labute approximate surface area is 440 Å². The SMILES string of the molecule is CC(C)(C)c1ccc(N2c3cc(-c4ccccc4)cc4c3B(c3ccc5cc3N4c3ccccc3Oc3ccccc3N5c3ccccc3)c3sc4ccccc4c32)c(-c2ccc3c(c2)C(C)(C)CCC3(C)C)c1. The smallest absolute Gasteiger partial charge is 0.264 e. The van der Waals surface area contributed by atoms with E-state index in [0.717, 1.165) is 57.6 Å². The van der Waals surface area contributed by atoms with Crippen LogP contribution in [0.4, 0.5) is 51.2 Å². The molecule has 3 aliphatic heterocycles. The molecule has 4 nitrogen and oxygen atoms in total. The van der Waals surface area contributed by atoms with Gasteiger partial charge in [-0.2, -0.15) is 0 Å². The van der Waals surface area contributed by atoms with E-state index in [9.17, 15) is 0 Å². The maximum Gasteiger partial charge on any atom is 0.264 e. The first-order valence-corrected chi connectivity index (χ1v) is 27.1. The summed E-state index contributed by atoms with van der Waals surface area (Å²) in [5.74, 6) is 1.57. The first-order chi connectivity index (χ1) is 35.8. The molecular formula is C68H58BN3OS. The van der Waals surface area contributed by atoms with Crippen LogP contribution in [0, 0.1) is 0 Å². The highest BCUT2D eigenvalue weighted by molar-refractivity contribution is 7.33. The fourth-order valence-corrected chi connectivity index (χ4v) is 13.9. The van der Waals surface area contributed by atoms with Crippen molar-refractivity contribution in [2.24, 2.45) is 0 Å². The van der Waals surface area contributed by atoms with Crippen LogP contribution in [0.15, 0.2) is 200 Å². The van der Waals surface area contributed by atoms with Crippen molar-refractivity contribution in [3.05, 3.63) is 217 Å². The number of benzene rings is 9. The molecule has 0 amide bonds. The zero-order chi connectivity index (χ0) is 50.3. The molecule has 4 aliphatic rings. The molecule has 0 saturated heterocycles. The lowest BCUT2D eigenvalue weighted by atomic mass is 9.36. The Morgan fingerprint density at radius 1 is 0.473 bits per heavy atom. The number of para-hydroxylation sites is 5. The van der Waals surface area contributed by atoms with Gasteiger partial charge in [0, 0.05) is 48.9 Å². The van der Waals surface area contributed by atoms with Gasteiger partial charge >= 0.3 is 0 Å². The van der Waals surface area contributed by atoms with Gasteiger partial charge in [0.25, 0.3) is 6.71 Å². The topological polar surface area (TPSA) is 19.0 Å². The van der Waals surface area contributed by atoms with Gasteiger partial charge in [-0.15, -0.1) is 11.3 Å². The van der Waals surface area contributed by atoms with E-state index in [1.165, 1.54) is 82.7 Å². The third-order valence-electron chi connectivity index (χ3n) is 16.6. The first-order valence-electron chi connectivity index (χ1n) is 26.3. The fourth-order valence-electron chi connectivity index (χ4n) is 12.6. The summed E-state index contributed by atoms with van der Waals surface area (Å²) >= 11 is 1.95. The summed E-state index contributed by atoms with van der Waals surface area (Å²) in [4.78, 5) is 7.53. The van der Waals surface area contributed by atoms with Gasteiger partial charge in [-0.3, -0.25) is 0 Å². The predicted octanol–water partition coefficient (Wildman–Crippen LogP) is 17.5. The van der Waals surface area contributed by atoms with Gasteiger partial charge in [0.05, 0.1) is 22.7 Å². The molecule has 10 aromatic rings. The lowest BCUT2D eigenvalue weighted by Gasteiger charge is -2.45. The monoisotopic (exact) mass is 975 g/mol. The summed E-state index contributed by atoms with van der Waals surface area (Å²) in [5.41, 5.74) is 21.7. The van der Waals surface area contributed by atoms with Crippen molar-refractivity contribution >= 4 is 95.0 Å². The average Bonchev–Trinajstić information content (AvgIpc) is 3.83. The number of thiophene rings is 1. The van der Waals surface area contributed by atoms with E-state index < -0.39 is 0 Å². The van der Waals surface area contributed by atoms with E-state index >= 15 is 0 Å². The Morgan fingerprint density at radius 3 is 1.84 bits per heavy atom. The highest BCUT2D eigenvalue weighted by Gasteiger charge is 2.47. The number of fused-ring (bicyclic) bond motifs is 11. The predicted molar refractivity (Wildman–Crippen MR) is 315 cm³/mol. The minimum absolute atomic E-state index is 0.0538. The molecule has 0 saturated carbocycles. The molecule has 4 heterocycles. The third kappa shape index (κ3) is 6.87. The van der Waals surface area contributed by atoms with Crippen LogP contribution in [0.25, 0.3) is 32.3 Å². The van der Waals surface area contributed by atoms with Crippen LogP contribution in [0.5, 0.6) is 11.5 Å². The van der Waals surface area contributed by atoms with Crippen LogP contribution in [-0.4, -0.2) is 6.71 Å². The van der Waals surface area contributed by atoms with Crippen molar-refractivity contribution in [2.75, 3.05) is 14.7 Å². The van der Waals surface area contributed by atoms with Crippen molar-refractivity contribution in [2.45, 2.75) is 77.6 Å². The molecule has 1 aromatic heterocycles. The number of hydrogen-bond donors (Lipinski definition) is 0. The Balaban J connectivity index is 1.10. The second kappa shape index (κ2) is 16.4. The van der Waals surface area contributed by atoms with Gasteiger partial charge in [0.1, 0.15) is 0 Å². The summed E-state index contributed by atoms with van der Waals surface area (Å²) in [5, 5.41) is 1.27. The lowest BCUT2D eigenvalue weighted by Crippen LogP contribution is -2.60. The quantitative estimate of drug-likeness (QED) is 0.164. The minimum Gasteiger partial charge on any atom is -0.453 e. The third-order valence-corrected chi connectivity index (χ3v) is 17.9. The molecule has 0 spiro atoms. The number of ether oxygens (including phenoxy) is 1. The van der Waals surface area contributed by atoms with Crippen molar-refractivity contribution in [1.29, 1.82) is 0 Å². The van der Waals surface area contributed by atoms with Crippen molar-refractivity contribution in [3.63, 3.8) is 0 Å². The van der Waals surface area contributed by atoms with Crippen LogP contribution in [0.2, 0.25) is 0 Å². The van der Waals surface area contributed by atoms with E-state index in [1.54, 1.807) is 0 Å². The zero-order valence-electron chi connectivity index (χ0n) is 43.2. The van der Waals surface area contributed by atoms with E-state index in [0.29, 0.717) is 0 Å². The minimum atomic E-state index is -0.0694. The molecule has 6 heteroatoms. The number of anilines is 9. The lowest BCUT2D eigenvalue weighted by molar-refractivity contribution is 0.332. The zero-order valence-corrected chi connectivity index (χ0v) is 44.0. The van der Waals surface area contributed by atoms with Gasteiger partial charge in [0.15, 0.2) is 11.5 Å². The Kier molecular flexibility index (Phi) is 9.92. The molecule has 0 radical (unpaired) electrons. The first kappa shape index (κ1) is 44.9. The maximum absolute atomic E-state index is 7.24. The van der Waals surface area contributed by atoms with Crippen LogP contribution in [-0.2, 0) is 16.2 Å². The second-order valence-electron chi connectivity index (χ2n) is 23.2. The summed E-state index contributed by atoms with van der Waals surface area (Å²) in [6.45, 7) is 16.7. The van der Waals surface area contributed by atoms with Crippen LogP contribution in [0.3, 0.4) is 0 Å². The van der Waals surface area contributed by atoms with Crippen molar-refractivity contribution in [1.82, 2.24) is 0 Å².